The van der Waals surface area contributed by atoms with E-state index in [4.69, 9.17) is 14.2 Å². The number of nitrogens with zero attached hydrogens (tertiary/aromatic N) is 1. The van der Waals surface area contributed by atoms with Crippen molar-refractivity contribution in [3.63, 3.8) is 0 Å². The van der Waals surface area contributed by atoms with Gasteiger partial charge in [-0.05, 0) is 55.3 Å². The number of hydrogen-bond acceptors (Lipinski definition) is 4. The number of methoxy groups -OCH3 is 1. The Morgan fingerprint density at radius 3 is 2.52 bits per heavy atom. The minimum atomic E-state index is 0.312. The molecule has 2 aromatic rings. The van der Waals surface area contributed by atoms with E-state index in [9.17, 15) is 0 Å². The molecule has 0 fully saturated rings. The van der Waals surface area contributed by atoms with Crippen LogP contribution in [0.4, 0.5) is 5.69 Å². The fourth-order valence-corrected chi connectivity index (χ4v) is 2.73. The molecular formula is C19H23NO3. The van der Waals surface area contributed by atoms with Crippen molar-refractivity contribution >= 4 is 5.69 Å². The van der Waals surface area contributed by atoms with Crippen molar-refractivity contribution in [2.75, 3.05) is 18.8 Å². The second kappa shape index (κ2) is 6.82. The Morgan fingerprint density at radius 2 is 1.83 bits per heavy atom. The fraction of sp³-hybridized carbons (Fsp3) is 0.368. The lowest BCUT2D eigenvalue weighted by molar-refractivity contribution is 0.174. The second-order valence-electron chi connectivity index (χ2n) is 5.77. The lowest BCUT2D eigenvalue weighted by atomic mass is 10.1. The van der Waals surface area contributed by atoms with Crippen molar-refractivity contribution in [2.45, 2.75) is 32.9 Å². The summed E-state index contributed by atoms with van der Waals surface area (Å²) < 4.78 is 16.1. The minimum Gasteiger partial charge on any atom is -0.497 e. The van der Waals surface area contributed by atoms with Gasteiger partial charge in [0.1, 0.15) is 5.75 Å². The quantitative estimate of drug-likeness (QED) is 0.798. The SMILES string of the molecule is CCC(C)N(Cc1ccc2c(c1)OCO2)c1ccc(OC)cc1. The zero-order chi connectivity index (χ0) is 16.2. The average Bonchev–Trinajstić information content (AvgIpc) is 3.07. The Kier molecular flexibility index (Phi) is 4.60. The van der Waals surface area contributed by atoms with Gasteiger partial charge in [0, 0.05) is 18.3 Å². The lowest BCUT2D eigenvalue weighted by Crippen LogP contribution is -2.31. The number of hydrogen-bond donors (Lipinski definition) is 0. The van der Waals surface area contributed by atoms with Gasteiger partial charge in [-0.25, -0.2) is 0 Å². The van der Waals surface area contributed by atoms with Crippen LogP contribution >= 0.6 is 0 Å². The van der Waals surface area contributed by atoms with Crippen LogP contribution in [0.1, 0.15) is 25.8 Å². The van der Waals surface area contributed by atoms with E-state index in [1.54, 1.807) is 7.11 Å². The van der Waals surface area contributed by atoms with Gasteiger partial charge in [-0.2, -0.15) is 0 Å². The zero-order valence-electron chi connectivity index (χ0n) is 13.9. The topological polar surface area (TPSA) is 30.9 Å². The van der Waals surface area contributed by atoms with E-state index in [0.29, 0.717) is 12.8 Å². The van der Waals surface area contributed by atoms with Crippen LogP contribution in [0.15, 0.2) is 42.5 Å². The summed E-state index contributed by atoms with van der Waals surface area (Å²) in [6.45, 7) is 5.60. The van der Waals surface area contributed by atoms with E-state index in [1.165, 1.54) is 11.3 Å². The Labute approximate surface area is 137 Å². The van der Waals surface area contributed by atoms with Crippen LogP contribution in [-0.2, 0) is 6.54 Å². The maximum absolute atomic E-state index is 5.49. The molecule has 0 radical (unpaired) electrons. The molecule has 0 saturated carbocycles. The first-order valence-electron chi connectivity index (χ1n) is 8.00. The van der Waals surface area contributed by atoms with Gasteiger partial charge in [0.05, 0.1) is 7.11 Å². The molecule has 23 heavy (non-hydrogen) atoms. The first-order valence-corrected chi connectivity index (χ1v) is 8.00. The number of benzene rings is 2. The highest BCUT2D eigenvalue weighted by molar-refractivity contribution is 5.52. The zero-order valence-corrected chi connectivity index (χ0v) is 13.9. The van der Waals surface area contributed by atoms with E-state index >= 15 is 0 Å². The minimum absolute atomic E-state index is 0.312. The van der Waals surface area contributed by atoms with Crippen LogP contribution in [0.25, 0.3) is 0 Å². The van der Waals surface area contributed by atoms with Crippen LogP contribution in [0, 0.1) is 0 Å². The summed E-state index contributed by atoms with van der Waals surface area (Å²) in [5.41, 5.74) is 2.41. The molecule has 0 aromatic heterocycles. The molecule has 4 heteroatoms. The Morgan fingerprint density at radius 1 is 1.09 bits per heavy atom. The van der Waals surface area contributed by atoms with Crippen LogP contribution in [0.2, 0.25) is 0 Å². The molecule has 4 nitrogen and oxygen atoms in total. The fourth-order valence-electron chi connectivity index (χ4n) is 2.73. The van der Waals surface area contributed by atoms with Gasteiger partial charge < -0.3 is 19.1 Å². The highest BCUT2D eigenvalue weighted by Crippen LogP contribution is 2.33. The third-order valence-electron chi connectivity index (χ3n) is 4.32. The summed E-state index contributed by atoms with van der Waals surface area (Å²) in [5.74, 6) is 2.54. The van der Waals surface area contributed by atoms with Gasteiger partial charge in [-0.3, -0.25) is 0 Å². The highest BCUT2D eigenvalue weighted by atomic mass is 16.7. The number of rotatable bonds is 6. The molecule has 0 spiro atoms. The second-order valence-corrected chi connectivity index (χ2v) is 5.77. The summed E-state index contributed by atoms with van der Waals surface area (Å²) in [6.07, 6.45) is 1.08. The molecule has 1 aliphatic heterocycles. The van der Waals surface area contributed by atoms with Crippen LogP contribution in [0.5, 0.6) is 17.2 Å². The number of fused-ring (bicyclic) bond motifs is 1. The summed E-state index contributed by atoms with van der Waals surface area (Å²) >= 11 is 0. The van der Waals surface area contributed by atoms with Gasteiger partial charge in [0.15, 0.2) is 11.5 Å². The maximum atomic E-state index is 5.49. The molecule has 1 aliphatic rings. The van der Waals surface area contributed by atoms with Gasteiger partial charge >= 0.3 is 0 Å². The largest absolute Gasteiger partial charge is 0.497 e. The van der Waals surface area contributed by atoms with Gasteiger partial charge in [0.2, 0.25) is 6.79 Å². The molecule has 1 unspecified atom stereocenters. The average molecular weight is 313 g/mol. The molecular weight excluding hydrogens is 290 g/mol. The van der Waals surface area contributed by atoms with E-state index < -0.39 is 0 Å². The summed E-state index contributed by atoms with van der Waals surface area (Å²) in [6, 6.07) is 14.8. The molecule has 1 heterocycles. The third kappa shape index (κ3) is 3.36. The Hall–Kier alpha value is -2.36. The van der Waals surface area contributed by atoms with Gasteiger partial charge in [-0.15, -0.1) is 0 Å². The number of anilines is 1. The highest BCUT2D eigenvalue weighted by Gasteiger charge is 2.17. The van der Waals surface area contributed by atoms with Crippen molar-refractivity contribution in [1.82, 2.24) is 0 Å². The van der Waals surface area contributed by atoms with Crippen LogP contribution < -0.4 is 19.1 Å². The van der Waals surface area contributed by atoms with Crippen molar-refractivity contribution in [2.24, 2.45) is 0 Å². The Bertz CT molecular complexity index is 654. The van der Waals surface area contributed by atoms with Crippen molar-refractivity contribution in [1.29, 1.82) is 0 Å². The molecule has 1 atom stereocenters. The molecule has 3 rings (SSSR count). The molecule has 122 valence electrons. The first-order chi connectivity index (χ1) is 11.2. The molecule has 0 aliphatic carbocycles. The van der Waals surface area contributed by atoms with Gasteiger partial charge in [0.25, 0.3) is 0 Å². The van der Waals surface area contributed by atoms with Crippen LogP contribution in [-0.4, -0.2) is 19.9 Å². The van der Waals surface area contributed by atoms with Crippen molar-refractivity contribution in [3.05, 3.63) is 48.0 Å². The monoisotopic (exact) mass is 313 g/mol. The molecule has 0 bridgehead atoms. The normalized spacial score (nSPS) is 13.7. The van der Waals surface area contributed by atoms with E-state index in [0.717, 1.165) is 30.2 Å². The third-order valence-corrected chi connectivity index (χ3v) is 4.32. The predicted octanol–water partition coefficient (Wildman–Crippen LogP) is 4.23. The molecule has 0 N–H and O–H groups in total. The molecule has 0 saturated heterocycles. The van der Waals surface area contributed by atoms with Crippen LogP contribution in [0.3, 0.4) is 0 Å². The van der Waals surface area contributed by atoms with Gasteiger partial charge in [-0.1, -0.05) is 13.0 Å². The Balaban J connectivity index is 1.84. The smallest absolute Gasteiger partial charge is 0.231 e. The summed E-state index contributed by atoms with van der Waals surface area (Å²) in [5, 5.41) is 0. The first kappa shape index (κ1) is 15.5. The molecule has 0 amide bonds. The molecule has 2 aromatic carbocycles. The number of ether oxygens (including phenoxy) is 3. The van der Waals surface area contributed by atoms with E-state index in [2.05, 4.69) is 43.0 Å². The standard InChI is InChI=1S/C19H23NO3/c1-4-14(2)20(16-6-8-17(21-3)9-7-16)12-15-5-10-18-19(11-15)23-13-22-18/h5-11,14H,4,12-13H2,1-3H3. The van der Waals surface area contributed by atoms with E-state index in [-0.39, 0.29) is 0 Å². The summed E-state index contributed by atoms with van der Waals surface area (Å²) in [7, 11) is 1.69. The lowest BCUT2D eigenvalue weighted by Gasteiger charge is -2.31. The van der Waals surface area contributed by atoms with E-state index in [1.807, 2.05) is 18.2 Å². The van der Waals surface area contributed by atoms with Crippen molar-refractivity contribution < 1.29 is 14.2 Å². The van der Waals surface area contributed by atoms with Crippen molar-refractivity contribution in [3.8, 4) is 17.2 Å². The predicted molar refractivity (Wildman–Crippen MR) is 91.5 cm³/mol. The summed E-state index contributed by atoms with van der Waals surface area (Å²) in [4.78, 5) is 2.40. The maximum Gasteiger partial charge on any atom is 0.231 e.